The van der Waals surface area contributed by atoms with E-state index in [-0.39, 0.29) is 0 Å². The first kappa shape index (κ1) is 39.2. The SMILES string of the molecule is c1ccc(-c2nc(-c3ccccc3)nc(-c3ccccc3-n3c4cc(-c5cccc6sc7ccccc7c56)ccc4c4c(-c5cccc6c5c5ccccc5n6-c5ccccc5)cccc43)n2)cc1. The highest BCUT2D eigenvalue weighted by Crippen LogP contribution is 2.47. The molecule has 4 aromatic heterocycles. The van der Waals surface area contributed by atoms with Gasteiger partial charge in [-0.25, -0.2) is 15.0 Å². The molecule has 0 aliphatic heterocycles. The van der Waals surface area contributed by atoms with Crippen LogP contribution in [0, 0.1) is 0 Å². The standard InChI is InChI=1S/C63H39N5S/c1-4-19-40(20-5-1)61-64-62(41-21-6-2-7-22-41)66-63(65-61)49-26-11-14-32-52(49)68-54-34-17-30-46(45-29-16-33-53-58(45)47-25-10-13-31-51(47)67(53)43-23-8-3-9-24-43)59(54)48-38-37-42(39-55(48)68)44-28-18-36-57-60(44)50-27-12-15-35-56(50)69-57/h1-39H. The lowest BCUT2D eigenvalue weighted by molar-refractivity contribution is 1.06. The number of para-hydroxylation sites is 3. The smallest absolute Gasteiger partial charge is 0.166 e. The largest absolute Gasteiger partial charge is 0.309 e. The van der Waals surface area contributed by atoms with Crippen LogP contribution in [0.5, 0.6) is 0 Å². The number of thiophene rings is 1. The molecule has 0 spiro atoms. The van der Waals surface area contributed by atoms with Gasteiger partial charge in [-0.2, -0.15) is 0 Å². The zero-order chi connectivity index (χ0) is 45.4. The van der Waals surface area contributed by atoms with Crippen LogP contribution in [-0.2, 0) is 0 Å². The number of nitrogens with zero attached hydrogens (tertiary/aromatic N) is 5. The third-order valence-electron chi connectivity index (χ3n) is 13.6. The summed E-state index contributed by atoms with van der Waals surface area (Å²) in [7, 11) is 0. The van der Waals surface area contributed by atoms with E-state index in [2.05, 4.69) is 209 Å². The monoisotopic (exact) mass is 897 g/mol. The van der Waals surface area contributed by atoms with Crippen LogP contribution in [0.2, 0.25) is 0 Å². The lowest BCUT2D eigenvalue weighted by Crippen LogP contribution is -2.03. The van der Waals surface area contributed by atoms with Crippen LogP contribution in [0.15, 0.2) is 237 Å². The maximum Gasteiger partial charge on any atom is 0.166 e. The fourth-order valence-corrected chi connectivity index (χ4v) is 11.8. The minimum atomic E-state index is 0.605. The van der Waals surface area contributed by atoms with Crippen LogP contribution in [0.25, 0.3) is 132 Å². The van der Waals surface area contributed by atoms with Crippen molar-refractivity contribution in [3.8, 4) is 67.8 Å². The summed E-state index contributed by atoms with van der Waals surface area (Å²) in [6.07, 6.45) is 0. The van der Waals surface area contributed by atoms with Crippen molar-refractivity contribution in [1.82, 2.24) is 24.1 Å². The number of aromatic nitrogens is 5. The fourth-order valence-electron chi connectivity index (χ4n) is 10.6. The maximum absolute atomic E-state index is 5.27. The molecule has 14 aromatic rings. The van der Waals surface area contributed by atoms with E-state index in [0.717, 1.165) is 50.0 Å². The molecule has 0 radical (unpaired) electrons. The minimum Gasteiger partial charge on any atom is -0.309 e. The average Bonchev–Trinajstić information content (AvgIpc) is 4.09. The third-order valence-corrected chi connectivity index (χ3v) is 14.7. The molecule has 0 N–H and O–H groups in total. The predicted molar refractivity (Wildman–Crippen MR) is 289 cm³/mol. The second kappa shape index (κ2) is 15.8. The molecule has 0 bridgehead atoms. The molecule has 322 valence electrons. The Hall–Kier alpha value is -8.97. The number of hydrogen-bond acceptors (Lipinski definition) is 4. The average molecular weight is 898 g/mol. The Balaban J connectivity index is 1.08. The van der Waals surface area contributed by atoms with Crippen LogP contribution >= 0.6 is 11.3 Å². The zero-order valence-corrected chi connectivity index (χ0v) is 38.0. The molecule has 0 atom stereocenters. The van der Waals surface area contributed by atoms with E-state index in [4.69, 9.17) is 15.0 Å². The molecular formula is C63H39N5S. The summed E-state index contributed by atoms with van der Waals surface area (Å²) in [6, 6.07) is 84.6. The first-order valence-corrected chi connectivity index (χ1v) is 24.1. The summed E-state index contributed by atoms with van der Waals surface area (Å²) in [4.78, 5) is 15.6. The van der Waals surface area contributed by atoms with Gasteiger partial charge in [-0.1, -0.05) is 176 Å². The minimum absolute atomic E-state index is 0.605. The summed E-state index contributed by atoms with van der Waals surface area (Å²) in [5.74, 6) is 1.86. The highest BCUT2D eigenvalue weighted by Gasteiger charge is 2.24. The highest BCUT2D eigenvalue weighted by atomic mass is 32.1. The summed E-state index contributed by atoms with van der Waals surface area (Å²) < 4.78 is 7.42. The molecule has 10 aromatic carbocycles. The van der Waals surface area contributed by atoms with Gasteiger partial charge in [0.2, 0.25) is 0 Å². The van der Waals surface area contributed by atoms with Gasteiger partial charge in [-0.3, -0.25) is 0 Å². The summed E-state index contributed by atoms with van der Waals surface area (Å²) in [5.41, 5.74) is 14.2. The first-order chi connectivity index (χ1) is 34.2. The molecule has 14 rings (SSSR count). The molecule has 0 aliphatic rings. The van der Waals surface area contributed by atoms with Gasteiger partial charge in [0.05, 0.1) is 27.8 Å². The van der Waals surface area contributed by atoms with E-state index in [1.807, 2.05) is 47.7 Å². The number of benzene rings is 10. The van der Waals surface area contributed by atoms with Gasteiger partial charge in [0.1, 0.15) is 0 Å². The second-order valence-corrected chi connectivity index (χ2v) is 18.6. The van der Waals surface area contributed by atoms with E-state index in [1.54, 1.807) is 0 Å². The second-order valence-electron chi connectivity index (χ2n) is 17.5. The Morgan fingerprint density at radius 2 is 0.797 bits per heavy atom. The van der Waals surface area contributed by atoms with Crippen molar-refractivity contribution >= 4 is 75.1 Å². The Bertz CT molecular complexity index is 4240. The summed E-state index contributed by atoms with van der Waals surface area (Å²) in [5, 5.41) is 7.36. The highest BCUT2D eigenvalue weighted by molar-refractivity contribution is 7.25. The number of rotatable bonds is 7. The zero-order valence-electron chi connectivity index (χ0n) is 37.2. The van der Waals surface area contributed by atoms with Crippen LogP contribution in [-0.4, -0.2) is 24.1 Å². The molecule has 69 heavy (non-hydrogen) atoms. The normalized spacial score (nSPS) is 11.8. The fraction of sp³-hybridized carbons (Fsp3) is 0. The van der Waals surface area contributed by atoms with Crippen LogP contribution in [0.4, 0.5) is 0 Å². The molecule has 4 heterocycles. The van der Waals surface area contributed by atoms with E-state index in [0.29, 0.717) is 17.5 Å². The molecule has 0 aliphatic carbocycles. The predicted octanol–water partition coefficient (Wildman–Crippen LogP) is 16.8. The lowest BCUT2D eigenvalue weighted by atomic mass is 9.94. The quantitative estimate of drug-likeness (QED) is 0.160. The van der Waals surface area contributed by atoms with Gasteiger partial charge in [0.15, 0.2) is 17.5 Å². The van der Waals surface area contributed by atoms with Crippen molar-refractivity contribution in [1.29, 1.82) is 0 Å². The molecule has 0 amide bonds. The molecule has 6 heteroatoms. The van der Waals surface area contributed by atoms with Gasteiger partial charge in [0, 0.05) is 64.1 Å². The van der Waals surface area contributed by atoms with Crippen molar-refractivity contribution in [3.05, 3.63) is 237 Å². The third kappa shape index (κ3) is 6.27. The van der Waals surface area contributed by atoms with Crippen molar-refractivity contribution in [2.45, 2.75) is 0 Å². The van der Waals surface area contributed by atoms with Crippen molar-refractivity contribution in [2.75, 3.05) is 0 Å². The van der Waals surface area contributed by atoms with Gasteiger partial charge < -0.3 is 9.13 Å². The molecule has 0 unspecified atom stereocenters. The molecule has 0 saturated heterocycles. The first-order valence-electron chi connectivity index (χ1n) is 23.3. The number of fused-ring (bicyclic) bond motifs is 9. The Morgan fingerprint density at radius 1 is 0.290 bits per heavy atom. The topological polar surface area (TPSA) is 48.5 Å². The van der Waals surface area contributed by atoms with Crippen molar-refractivity contribution in [2.24, 2.45) is 0 Å². The van der Waals surface area contributed by atoms with E-state index in [9.17, 15) is 0 Å². The van der Waals surface area contributed by atoms with Gasteiger partial charge >= 0.3 is 0 Å². The van der Waals surface area contributed by atoms with E-state index >= 15 is 0 Å². The summed E-state index contributed by atoms with van der Waals surface area (Å²) in [6.45, 7) is 0. The number of hydrogen-bond donors (Lipinski definition) is 0. The molecule has 0 fully saturated rings. The van der Waals surface area contributed by atoms with Crippen LogP contribution < -0.4 is 0 Å². The van der Waals surface area contributed by atoms with Crippen molar-refractivity contribution in [3.63, 3.8) is 0 Å². The van der Waals surface area contributed by atoms with Gasteiger partial charge in [0.25, 0.3) is 0 Å². The van der Waals surface area contributed by atoms with Crippen LogP contribution in [0.3, 0.4) is 0 Å². The molecule has 5 nitrogen and oxygen atoms in total. The van der Waals surface area contributed by atoms with E-state index < -0.39 is 0 Å². The Morgan fingerprint density at radius 3 is 1.52 bits per heavy atom. The lowest BCUT2D eigenvalue weighted by Gasteiger charge is -2.15. The van der Waals surface area contributed by atoms with Gasteiger partial charge in [-0.05, 0) is 82.9 Å². The van der Waals surface area contributed by atoms with Gasteiger partial charge in [-0.15, -0.1) is 11.3 Å². The molecule has 0 saturated carbocycles. The Labute approximate surface area is 401 Å². The Kier molecular flexibility index (Phi) is 9.00. The van der Waals surface area contributed by atoms with Crippen molar-refractivity contribution < 1.29 is 0 Å². The molecular weight excluding hydrogens is 859 g/mol. The van der Waals surface area contributed by atoms with E-state index in [1.165, 1.54) is 64.1 Å². The summed E-state index contributed by atoms with van der Waals surface area (Å²) >= 11 is 1.85. The maximum atomic E-state index is 5.27. The van der Waals surface area contributed by atoms with Crippen LogP contribution in [0.1, 0.15) is 0 Å².